The summed E-state index contributed by atoms with van der Waals surface area (Å²) < 4.78 is 31.8. The van der Waals surface area contributed by atoms with Crippen LogP contribution < -0.4 is 5.32 Å². The van der Waals surface area contributed by atoms with Gasteiger partial charge in [-0.25, -0.2) is 8.42 Å². The number of rotatable bonds is 4. The molecular formula is C17H20N2O4S2. The lowest BCUT2D eigenvalue weighted by Gasteiger charge is -2.25. The van der Waals surface area contributed by atoms with E-state index in [-0.39, 0.29) is 10.8 Å². The van der Waals surface area contributed by atoms with Crippen molar-refractivity contribution in [3.8, 4) is 0 Å². The smallest absolute Gasteiger partial charge is 0.265 e. The zero-order chi connectivity index (χ0) is 18.0. The Bertz CT molecular complexity index is 884. The van der Waals surface area contributed by atoms with E-state index in [1.165, 1.54) is 15.8 Å². The number of nitrogens with zero attached hydrogens (tertiary/aromatic N) is 1. The van der Waals surface area contributed by atoms with Crippen LogP contribution in [-0.2, 0) is 14.8 Å². The monoisotopic (exact) mass is 380 g/mol. The number of benzene rings is 1. The molecule has 1 N–H and O–H groups in total. The summed E-state index contributed by atoms with van der Waals surface area (Å²) in [5, 5.41) is 4.37. The maximum atomic E-state index is 12.6. The lowest BCUT2D eigenvalue weighted by molar-refractivity contribution is 0.0730. The summed E-state index contributed by atoms with van der Waals surface area (Å²) in [6.07, 6.45) is 0. The molecular weight excluding hydrogens is 360 g/mol. The highest BCUT2D eigenvalue weighted by Crippen LogP contribution is 2.25. The summed E-state index contributed by atoms with van der Waals surface area (Å²) in [6.45, 7) is 5.32. The Kier molecular flexibility index (Phi) is 5.24. The lowest BCUT2D eigenvalue weighted by Crippen LogP contribution is -2.40. The van der Waals surface area contributed by atoms with Crippen LogP contribution in [-0.4, -0.2) is 44.9 Å². The third-order valence-corrected chi connectivity index (χ3v) is 7.00. The molecule has 0 aliphatic carbocycles. The third-order valence-electron chi connectivity index (χ3n) is 4.05. The Balaban J connectivity index is 1.78. The van der Waals surface area contributed by atoms with Crippen LogP contribution >= 0.6 is 11.3 Å². The van der Waals surface area contributed by atoms with E-state index in [0.29, 0.717) is 31.2 Å². The van der Waals surface area contributed by atoms with Crippen molar-refractivity contribution in [1.29, 1.82) is 0 Å². The Morgan fingerprint density at radius 3 is 2.64 bits per heavy atom. The summed E-state index contributed by atoms with van der Waals surface area (Å²) in [6, 6.07) is 7.25. The molecule has 0 atom stereocenters. The summed E-state index contributed by atoms with van der Waals surface area (Å²) in [4.78, 5) is 13.0. The van der Waals surface area contributed by atoms with Crippen LogP contribution in [0.25, 0.3) is 0 Å². The van der Waals surface area contributed by atoms with Gasteiger partial charge in [-0.3, -0.25) is 4.79 Å². The molecule has 0 saturated carbocycles. The van der Waals surface area contributed by atoms with Crippen LogP contribution in [0.1, 0.15) is 20.8 Å². The molecule has 6 nitrogen and oxygen atoms in total. The normalized spacial score (nSPS) is 15.9. The van der Waals surface area contributed by atoms with Gasteiger partial charge < -0.3 is 10.1 Å². The second-order valence-corrected chi connectivity index (χ2v) is 8.78. The summed E-state index contributed by atoms with van der Waals surface area (Å²) in [5.74, 6) is -0.304. The van der Waals surface area contributed by atoms with Crippen LogP contribution in [0.2, 0.25) is 0 Å². The first kappa shape index (κ1) is 18.1. The summed E-state index contributed by atoms with van der Waals surface area (Å²) in [5.41, 5.74) is 2.73. The van der Waals surface area contributed by atoms with E-state index in [4.69, 9.17) is 4.74 Å². The fraction of sp³-hybridized carbons (Fsp3) is 0.353. The van der Waals surface area contributed by atoms with Crippen molar-refractivity contribution in [2.24, 2.45) is 0 Å². The Morgan fingerprint density at radius 2 is 1.92 bits per heavy atom. The molecule has 0 bridgehead atoms. The molecule has 2 heterocycles. The molecule has 1 aromatic carbocycles. The van der Waals surface area contributed by atoms with Gasteiger partial charge in [-0.2, -0.15) is 4.31 Å². The Hall–Kier alpha value is -1.74. The minimum absolute atomic E-state index is 0.158. The number of morpholine rings is 1. The Morgan fingerprint density at radius 1 is 1.20 bits per heavy atom. The first-order valence-corrected chi connectivity index (χ1v) is 10.2. The molecule has 1 aliphatic rings. The number of sulfonamides is 1. The highest BCUT2D eigenvalue weighted by atomic mass is 32.2. The topological polar surface area (TPSA) is 75.7 Å². The highest BCUT2D eigenvalue weighted by Gasteiger charge is 2.28. The minimum atomic E-state index is -3.58. The maximum absolute atomic E-state index is 12.6. The SMILES string of the molecule is Cc1ccc(C)c(NC(=O)c2cc(S(=O)(=O)N3CCOCC3)cs2)c1. The second kappa shape index (κ2) is 7.25. The fourth-order valence-electron chi connectivity index (χ4n) is 2.56. The van der Waals surface area contributed by atoms with E-state index in [0.717, 1.165) is 28.2 Å². The molecule has 3 rings (SSSR count). The average molecular weight is 380 g/mol. The van der Waals surface area contributed by atoms with E-state index < -0.39 is 10.0 Å². The second-order valence-electron chi connectivity index (χ2n) is 5.94. The lowest BCUT2D eigenvalue weighted by atomic mass is 10.1. The van der Waals surface area contributed by atoms with Crippen molar-refractivity contribution in [2.45, 2.75) is 18.7 Å². The van der Waals surface area contributed by atoms with E-state index >= 15 is 0 Å². The van der Waals surface area contributed by atoms with Gasteiger partial charge in [-0.05, 0) is 37.1 Å². The number of thiophene rings is 1. The van der Waals surface area contributed by atoms with Gasteiger partial charge in [0.05, 0.1) is 23.0 Å². The van der Waals surface area contributed by atoms with Crippen LogP contribution in [0.5, 0.6) is 0 Å². The first-order valence-electron chi connectivity index (χ1n) is 7.93. The van der Waals surface area contributed by atoms with Gasteiger partial charge in [0.2, 0.25) is 10.0 Å². The summed E-state index contributed by atoms with van der Waals surface area (Å²) >= 11 is 1.13. The van der Waals surface area contributed by atoms with Gasteiger partial charge in [0.15, 0.2) is 0 Å². The van der Waals surface area contributed by atoms with E-state index in [1.807, 2.05) is 32.0 Å². The molecule has 134 valence electrons. The van der Waals surface area contributed by atoms with Crippen molar-refractivity contribution >= 4 is 33.0 Å². The maximum Gasteiger partial charge on any atom is 0.265 e. The number of nitrogens with one attached hydrogen (secondary N) is 1. The van der Waals surface area contributed by atoms with Crippen LogP contribution in [0.4, 0.5) is 5.69 Å². The predicted molar refractivity (Wildman–Crippen MR) is 97.8 cm³/mol. The van der Waals surface area contributed by atoms with Crippen molar-refractivity contribution < 1.29 is 17.9 Å². The standard InChI is InChI=1S/C17H20N2O4S2/c1-12-3-4-13(2)15(9-12)18-17(20)16-10-14(11-24-16)25(21,22)19-5-7-23-8-6-19/h3-4,9-11H,5-8H2,1-2H3,(H,18,20). The molecule has 8 heteroatoms. The molecule has 1 saturated heterocycles. The van der Waals surface area contributed by atoms with Crippen molar-refractivity contribution in [1.82, 2.24) is 4.31 Å². The highest BCUT2D eigenvalue weighted by molar-refractivity contribution is 7.89. The molecule has 0 radical (unpaired) electrons. The molecule has 1 amide bonds. The number of carbonyl (C=O) groups excluding carboxylic acids is 1. The molecule has 0 spiro atoms. The van der Waals surface area contributed by atoms with Gasteiger partial charge in [0.25, 0.3) is 5.91 Å². The van der Waals surface area contributed by atoms with Gasteiger partial charge >= 0.3 is 0 Å². The number of hydrogen-bond acceptors (Lipinski definition) is 5. The summed E-state index contributed by atoms with van der Waals surface area (Å²) in [7, 11) is -3.58. The number of anilines is 1. The van der Waals surface area contributed by atoms with Gasteiger partial charge in [-0.1, -0.05) is 12.1 Å². The zero-order valence-corrected chi connectivity index (χ0v) is 15.7. The van der Waals surface area contributed by atoms with E-state index in [1.54, 1.807) is 0 Å². The quantitative estimate of drug-likeness (QED) is 0.885. The number of aryl methyl sites for hydroxylation is 2. The van der Waals surface area contributed by atoms with Gasteiger partial charge in [0, 0.05) is 24.2 Å². The van der Waals surface area contributed by atoms with Gasteiger partial charge in [-0.15, -0.1) is 11.3 Å². The average Bonchev–Trinajstić information content (AvgIpc) is 3.10. The Labute approximate surface area is 151 Å². The number of hydrogen-bond donors (Lipinski definition) is 1. The predicted octanol–water partition coefficient (Wildman–Crippen LogP) is 2.64. The number of amides is 1. The van der Waals surface area contributed by atoms with Crippen LogP contribution in [0, 0.1) is 13.8 Å². The van der Waals surface area contributed by atoms with Crippen molar-refractivity contribution in [3.05, 3.63) is 45.6 Å². The largest absolute Gasteiger partial charge is 0.379 e. The zero-order valence-electron chi connectivity index (χ0n) is 14.1. The van der Waals surface area contributed by atoms with Gasteiger partial charge in [0.1, 0.15) is 0 Å². The molecule has 0 unspecified atom stereocenters. The number of carbonyl (C=O) groups is 1. The third kappa shape index (κ3) is 3.92. The molecule has 1 aliphatic heterocycles. The molecule has 2 aromatic rings. The molecule has 1 aromatic heterocycles. The van der Waals surface area contributed by atoms with E-state index in [9.17, 15) is 13.2 Å². The minimum Gasteiger partial charge on any atom is -0.379 e. The van der Waals surface area contributed by atoms with Crippen LogP contribution in [0.15, 0.2) is 34.5 Å². The van der Waals surface area contributed by atoms with Crippen molar-refractivity contribution in [2.75, 3.05) is 31.6 Å². The van der Waals surface area contributed by atoms with Crippen molar-refractivity contribution in [3.63, 3.8) is 0 Å². The fourth-order valence-corrected chi connectivity index (χ4v) is 5.13. The van der Waals surface area contributed by atoms with E-state index in [2.05, 4.69) is 5.32 Å². The molecule has 25 heavy (non-hydrogen) atoms. The first-order chi connectivity index (χ1) is 11.9. The number of ether oxygens (including phenoxy) is 1. The van der Waals surface area contributed by atoms with Crippen LogP contribution in [0.3, 0.4) is 0 Å². The molecule has 1 fully saturated rings.